The summed E-state index contributed by atoms with van der Waals surface area (Å²) in [6.45, 7) is 1.32. The van der Waals surface area contributed by atoms with E-state index in [4.69, 9.17) is 5.26 Å². The van der Waals surface area contributed by atoms with E-state index in [2.05, 4.69) is 4.98 Å². The van der Waals surface area contributed by atoms with E-state index in [-0.39, 0.29) is 12.3 Å². The summed E-state index contributed by atoms with van der Waals surface area (Å²) in [4.78, 5) is 4.17. The summed E-state index contributed by atoms with van der Waals surface area (Å²) in [6, 6.07) is 8.82. The molecular formula is C14H14N4O2S. The number of benzene rings is 1. The highest BCUT2D eigenvalue weighted by Gasteiger charge is 2.28. The largest absolute Gasteiger partial charge is 0.333 e. The zero-order chi connectivity index (χ0) is 14.9. The predicted octanol–water partition coefficient (Wildman–Crippen LogP) is 1.10. The van der Waals surface area contributed by atoms with Crippen molar-refractivity contribution in [2.75, 3.05) is 6.54 Å². The van der Waals surface area contributed by atoms with E-state index in [0.717, 1.165) is 5.82 Å². The SMILES string of the molecule is N#Cc1ccccc1CS(=O)(=O)N1CCn2ccnc2C1. The van der Waals surface area contributed by atoms with Gasteiger partial charge in [0.15, 0.2) is 0 Å². The molecule has 0 saturated heterocycles. The van der Waals surface area contributed by atoms with E-state index in [1.54, 1.807) is 30.5 Å². The third-order valence-corrected chi connectivity index (χ3v) is 5.35. The van der Waals surface area contributed by atoms with E-state index in [1.807, 2.05) is 16.8 Å². The van der Waals surface area contributed by atoms with Crippen LogP contribution < -0.4 is 0 Å². The molecule has 1 aromatic carbocycles. The number of imidazole rings is 1. The van der Waals surface area contributed by atoms with Crippen molar-refractivity contribution < 1.29 is 8.42 Å². The zero-order valence-corrected chi connectivity index (χ0v) is 12.1. The van der Waals surface area contributed by atoms with E-state index in [1.165, 1.54) is 4.31 Å². The van der Waals surface area contributed by atoms with E-state index in [9.17, 15) is 8.42 Å². The van der Waals surface area contributed by atoms with Crippen LogP contribution in [0.25, 0.3) is 0 Å². The summed E-state index contributed by atoms with van der Waals surface area (Å²) in [5.74, 6) is 0.593. The van der Waals surface area contributed by atoms with Gasteiger partial charge in [0.1, 0.15) is 5.82 Å². The van der Waals surface area contributed by atoms with Crippen molar-refractivity contribution in [2.45, 2.75) is 18.8 Å². The van der Waals surface area contributed by atoms with Gasteiger partial charge in [-0.25, -0.2) is 13.4 Å². The molecule has 0 atom stereocenters. The molecule has 1 aliphatic heterocycles. The molecule has 0 radical (unpaired) electrons. The number of hydrogen-bond acceptors (Lipinski definition) is 4. The summed E-state index contributed by atoms with van der Waals surface area (Å²) in [7, 11) is -3.46. The molecule has 6 nitrogen and oxygen atoms in total. The fraction of sp³-hybridized carbons (Fsp3) is 0.286. The number of hydrogen-bond donors (Lipinski definition) is 0. The normalized spacial score (nSPS) is 15.4. The lowest BCUT2D eigenvalue weighted by molar-refractivity contribution is 0.335. The van der Waals surface area contributed by atoms with E-state index >= 15 is 0 Å². The molecule has 108 valence electrons. The minimum Gasteiger partial charge on any atom is -0.333 e. The Bertz CT molecular complexity index is 804. The van der Waals surface area contributed by atoms with Crippen molar-refractivity contribution in [3.05, 3.63) is 53.6 Å². The summed E-state index contributed by atoms with van der Waals surface area (Å²) < 4.78 is 28.5. The van der Waals surface area contributed by atoms with Crippen LogP contribution in [0.5, 0.6) is 0 Å². The number of nitrogens with zero attached hydrogens (tertiary/aromatic N) is 4. The molecule has 0 unspecified atom stereocenters. The molecule has 2 heterocycles. The van der Waals surface area contributed by atoms with Crippen LogP contribution in [-0.2, 0) is 28.9 Å². The van der Waals surface area contributed by atoms with Gasteiger partial charge < -0.3 is 4.57 Å². The van der Waals surface area contributed by atoms with Crippen LogP contribution in [0.3, 0.4) is 0 Å². The average molecular weight is 302 g/mol. The Kier molecular flexibility index (Phi) is 3.49. The maximum atomic E-state index is 12.5. The molecule has 0 fully saturated rings. The topological polar surface area (TPSA) is 79.0 Å². The maximum absolute atomic E-state index is 12.5. The van der Waals surface area contributed by atoms with Gasteiger partial charge in [-0.15, -0.1) is 0 Å². The lowest BCUT2D eigenvalue weighted by Gasteiger charge is -2.27. The van der Waals surface area contributed by atoms with Gasteiger partial charge in [-0.3, -0.25) is 0 Å². The Morgan fingerprint density at radius 2 is 2.10 bits per heavy atom. The summed E-state index contributed by atoms with van der Waals surface area (Å²) >= 11 is 0. The van der Waals surface area contributed by atoms with Gasteiger partial charge in [-0.2, -0.15) is 9.57 Å². The van der Waals surface area contributed by atoms with Gasteiger partial charge in [0, 0.05) is 25.5 Å². The van der Waals surface area contributed by atoms with Crippen molar-refractivity contribution in [3.63, 3.8) is 0 Å². The Morgan fingerprint density at radius 3 is 2.90 bits per heavy atom. The van der Waals surface area contributed by atoms with Gasteiger partial charge in [0.25, 0.3) is 0 Å². The maximum Gasteiger partial charge on any atom is 0.218 e. The minimum atomic E-state index is -3.46. The first-order valence-corrected chi connectivity index (χ1v) is 8.17. The molecule has 0 saturated carbocycles. The summed E-state index contributed by atoms with van der Waals surface area (Å²) in [6.07, 6.45) is 3.53. The standard InChI is InChI=1S/C14H14N4O2S/c15-9-12-3-1-2-4-13(12)11-21(19,20)18-8-7-17-6-5-16-14(17)10-18/h1-6H,7-8,10-11H2. The molecule has 0 amide bonds. The van der Waals surface area contributed by atoms with Crippen LogP contribution in [0, 0.1) is 11.3 Å². The third kappa shape index (κ3) is 2.68. The molecule has 0 N–H and O–H groups in total. The molecule has 0 aliphatic carbocycles. The molecule has 0 spiro atoms. The van der Waals surface area contributed by atoms with Crippen LogP contribution in [0.1, 0.15) is 17.0 Å². The second-order valence-corrected chi connectivity index (χ2v) is 6.86. The molecule has 3 rings (SSSR count). The van der Waals surface area contributed by atoms with Crippen molar-refractivity contribution >= 4 is 10.0 Å². The number of sulfonamides is 1. The predicted molar refractivity (Wildman–Crippen MR) is 76.4 cm³/mol. The van der Waals surface area contributed by atoms with Crippen LogP contribution >= 0.6 is 0 Å². The highest BCUT2D eigenvalue weighted by molar-refractivity contribution is 7.88. The molecule has 0 bridgehead atoms. The first-order valence-electron chi connectivity index (χ1n) is 6.56. The quantitative estimate of drug-likeness (QED) is 0.850. The number of rotatable bonds is 3. The van der Waals surface area contributed by atoms with Crippen molar-refractivity contribution in [3.8, 4) is 6.07 Å². The van der Waals surface area contributed by atoms with Crippen LogP contribution in [0.4, 0.5) is 0 Å². The number of nitriles is 1. The highest BCUT2D eigenvalue weighted by atomic mass is 32.2. The van der Waals surface area contributed by atoms with Gasteiger partial charge in [0.2, 0.25) is 10.0 Å². The monoisotopic (exact) mass is 302 g/mol. The van der Waals surface area contributed by atoms with Crippen molar-refractivity contribution in [1.82, 2.24) is 13.9 Å². The van der Waals surface area contributed by atoms with Gasteiger partial charge in [-0.1, -0.05) is 18.2 Å². The number of aromatic nitrogens is 2. The first-order chi connectivity index (χ1) is 10.1. The molecule has 7 heteroatoms. The fourth-order valence-electron chi connectivity index (χ4n) is 2.43. The second-order valence-electron chi connectivity index (χ2n) is 4.90. The fourth-order valence-corrected chi connectivity index (χ4v) is 3.93. The summed E-state index contributed by atoms with van der Waals surface area (Å²) in [5, 5.41) is 9.06. The van der Waals surface area contributed by atoms with Gasteiger partial charge in [-0.05, 0) is 11.6 Å². The lowest BCUT2D eigenvalue weighted by Crippen LogP contribution is -2.39. The van der Waals surface area contributed by atoms with Crippen molar-refractivity contribution in [2.24, 2.45) is 0 Å². The molecule has 21 heavy (non-hydrogen) atoms. The van der Waals surface area contributed by atoms with Gasteiger partial charge >= 0.3 is 0 Å². The summed E-state index contributed by atoms with van der Waals surface area (Å²) in [5.41, 5.74) is 0.938. The molecule has 1 aromatic heterocycles. The average Bonchev–Trinajstić information content (AvgIpc) is 2.95. The van der Waals surface area contributed by atoms with Crippen molar-refractivity contribution in [1.29, 1.82) is 5.26 Å². The van der Waals surface area contributed by atoms with E-state index < -0.39 is 10.0 Å². The first kappa shape index (κ1) is 13.8. The van der Waals surface area contributed by atoms with Gasteiger partial charge in [0.05, 0.1) is 23.9 Å². The Balaban J connectivity index is 1.84. The number of fused-ring (bicyclic) bond motifs is 1. The van der Waals surface area contributed by atoms with E-state index in [0.29, 0.717) is 24.2 Å². The molecule has 2 aromatic rings. The Labute approximate surface area is 123 Å². The van der Waals surface area contributed by atoms with Crippen LogP contribution in [0.2, 0.25) is 0 Å². The smallest absolute Gasteiger partial charge is 0.218 e. The second kappa shape index (κ2) is 5.31. The van der Waals surface area contributed by atoms with Crippen LogP contribution in [-0.4, -0.2) is 28.8 Å². The third-order valence-electron chi connectivity index (χ3n) is 3.58. The van der Waals surface area contributed by atoms with Crippen LogP contribution in [0.15, 0.2) is 36.7 Å². The Morgan fingerprint density at radius 1 is 1.29 bits per heavy atom. The Hall–Kier alpha value is -2.17. The highest BCUT2D eigenvalue weighted by Crippen LogP contribution is 2.19. The lowest BCUT2D eigenvalue weighted by atomic mass is 10.1. The molecular weight excluding hydrogens is 288 g/mol. The zero-order valence-electron chi connectivity index (χ0n) is 11.3. The minimum absolute atomic E-state index is 0.155. The molecule has 1 aliphatic rings.